The maximum absolute atomic E-state index is 13.5. The monoisotopic (exact) mass is 261 g/mol. The summed E-state index contributed by atoms with van der Waals surface area (Å²) in [5, 5.41) is 9.90. The molecule has 0 amide bonds. The number of nitrogens with two attached hydrogens (primary N) is 1. The maximum atomic E-state index is 13.5. The quantitative estimate of drug-likeness (QED) is 0.671. The Morgan fingerprint density at radius 1 is 1.22 bits per heavy atom. The number of alkyl halides is 2. The summed E-state index contributed by atoms with van der Waals surface area (Å²) in [5.74, 6) is -2.16. The molecule has 0 bridgehead atoms. The van der Waals surface area contributed by atoms with E-state index in [4.69, 9.17) is 5.73 Å². The largest absolute Gasteiger partial charge is 0.396 e. The topological polar surface area (TPSA) is 69.6 Å². The van der Waals surface area contributed by atoms with E-state index in [0.29, 0.717) is 6.07 Å². The van der Waals surface area contributed by atoms with Gasteiger partial charge >= 0.3 is 0 Å². The molecule has 2 N–H and O–H groups in total. The molecule has 0 unspecified atom stereocenters. The molecule has 0 atom stereocenters. The summed E-state index contributed by atoms with van der Waals surface area (Å²) in [6, 6.07) is 1.50. The summed E-state index contributed by atoms with van der Waals surface area (Å²) in [4.78, 5) is 0. The second kappa shape index (κ2) is 4.59. The zero-order chi connectivity index (χ0) is 13.3. The number of anilines is 1. The zero-order valence-corrected chi connectivity index (χ0v) is 8.82. The van der Waals surface area contributed by atoms with E-state index in [2.05, 4.69) is 15.5 Å². The van der Waals surface area contributed by atoms with Crippen LogP contribution in [-0.2, 0) is 6.54 Å². The van der Waals surface area contributed by atoms with Gasteiger partial charge in [-0.05, 0) is 16.5 Å². The summed E-state index contributed by atoms with van der Waals surface area (Å²) >= 11 is 0. The lowest BCUT2D eigenvalue weighted by Crippen LogP contribution is -2.10. The SMILES string of the molecule is Nc1cc(-c2nnnn2CC(F)F)c(F)cc1F. The number of rotatable bonds is 3. The second-order valence-corrected chi connectivity index (χ2v) is 3.43. The normalized spacial score (nSPS) is 11.2. The van der Waals surface area contributed by atoms with Crippen LogP contribution in [0.4, 0.5) is 23.2 Å². The predicted octanol–water partition coefficient (Wildman–Crippen LogP) is 1.47. The highest BCUT2D eigenvalue weighted by molar-refractivity contribution is 5.62. The molecule has 5 nitrogen and oxygen atoms in total. The Balaban J connectivity index is 2.49. The molecular weight excluding hydrogens is 254 g/mol. The molecule has 1 aromatic carbocycles. The lowest BCUT2D eigenvalue weighted by molar-refractivity contribution is 0.121. The average Bonchev–Trinajstić information content (AvgIpc) is 2.70. The van der Waals surface area contributed by atoms with Gasteiger partial charge in [0.05, 0.1) is 11.3 Å². The summed E-state index contributed by atoms with van der Waals surface area (Å²) in [6.07, 6.45) is -2.70. The number of benzene rings is 1. The fourth-order valence-corrected chi connectivity index (χ4v) is 1.39. The average molecular weight is 261 g/mol. The van der Waals surface area contributed by atoms with Gasteiger partial charge in [0.2, 0.25) is 0 Å². The van der Waals surface area contributed by atoms with Crippen molar-refractivity contribution in [1.82, 2.24) is 20.2 Å². The molecular formula is C9H7F4N5. The summed E-state index contributed by atoms with van der Waals surface area (Å²) in [7, 11) is 0. The van der Waals surface area contributed by atoms with Crippen molar-refractivity contribution < 1.29 is 17.6 Å². The fourth-order valence-electron chi connectivity index (χ4n) is 1.39. The lowest BCUT2D eigenvalue weighted by Gasteiger charge is -2.06. The van der Waals surface area contributed by atoms with E-state index < -0.39 is 24.6 Å². The highest BCUT2D eigenvalue weighted by Gasteiger charge is 2.18. The third-order valence-electron chi connectivity index (χ3n) is 2.17. The van der Waals surface area contributed by atoms with E-state index >= 15 is 0 Å². The minimum Gasteiger partial charge on any atom is -0.396 e. The van der Waals surface area contributed by atoms with Gasteiger partial charge in [-0.2, -0.15) is 0 Å². The van der Waals surface area contributed by atoms with Gasteiger partial charge in [0.1, 0.15) is 18.2 Å². The number of hydrogen-bond acceptors (Lipinski definition) is 4. The Hall–Kier alpha value is -2.19. The van der Waals surface area contributed by atoms with E-state index in [1.807, 2.05) is 0 Å². The molecule has 0 spiro atoms. The van der Waals surface area contributed by atoms with Crippen LogP contribution in [0.2, 0.25) is 0 Å². The van der Waals surface area contributed by atoms with E-state index in [1.165, 1.54) is 0 Å². The fraction of sp³-hybridized carbons (Fsp3) is 0.222. The van der Waals surface area contributed by atoms with Gasteiger partial charge in [-0.15, -0.1) is 5.10 Å². The zero-order valence-electron chi connectivity index (χ0n) is 8.82. The maximum Gasteiger partial charge on any atom is 0.258 e. The van der Waals surface area contributed by atoms with E-state index in [-0.39, 0.29) is 17.1 Å². The molecule has 9 heteroatoms. The van der Waals surface area contributed by atoms with Gasteiger partial charge in [-0.25, -0.2) is 22.2 Å². The Morgan fingerprint density at radius 2 is 1.94 bits per heavy atom. The van der Waals surface area contributed by atoms with Crippen LogP contribution in [0.1, 0.15) is 0 Å². The van der Waals surface area contributed by atoms with Crippen LogP contribution in [0, 0.1) is 11.6 Å². The van der Waals surface area contributed by atoms with E-state index in [0.717, 1.165) is 10.7 Å². The van der Waals surface area contributed by atoms with Crippen molar-refractivity contribution in [3.05, 3.63) is 23.8 Å². The molecule has 1 heterocycles. The number of aromatic nitrogens is 4. The molecule has 2 aromatic rings. The van der Waals surface area contributed by atoms with Crippen molar-refractivity contribution in [3.63, 3.8) is 0 Å². The predicted molar refractivity (Wildman–Crippen MR) is 53.6 cm³/mol. The third kappa shape index (κ3) is 2.24. The smallest absolute Gasteiger partial charge is 0.258 e. The molecule has 0 saturated carbocycles. The van der Waals surface area contributed by atoms with Gasteiger partial charge in [0.15, 0.2) is 5.82 Å². The molecule has 96 valence electrons. The van der Waals surface area contributed by atoms with Crippen LogP contribution in [-0.4, -0.2) is 26.6 Å². The van der Waals surface area contributed by atoms with Crippen molar-refractivity contribution in [2.75, 3.05) is 5.73 Å². The number of nitrogen functional groups attached to an aromatic ring is 1. The van der Waals surface area contributed by atoms with Crippen LogP contribution < -0.4 is 5.73 Å². The van der Waals surface area contributed by atoms with Gasteiger partial charge < -0.3 is 5.73 Å². The van der Waals surface area contributed by atoms with Crippen LogP contribution >= 0.6 is 0 Å². The molecule has 1 aromatic heterocycles. The van der Waals surface area contributed by atoms with Gasteiger partial charge in [-0.1, -0.05) is 0 Å². The van der Waals surface area contributed by atoms with E-state index in [1.54, 1.807) is 0 Å². The van der Waals surface area contributed by atoms with Crippen molar-refractivity contribution in [2.45, 2.75) is 13.0 Å². The Labute approximate surface area is 98.2 Å². The Bertz CT molecular complexity index is 568. The molecule has 0 aliphatic heterocycles. The van der Waals surface area contributed by atoms with Crippen molar-refractivity contribution >= 4 is 5.69 Å². The number of hydrogen-bond donors (Lipinski definition) is 1. The second-order valence-electron chi connectivity index (χ2n) is 3.43. The number of nitrogens with zero attached hydrogens (tertiary/aromatic N) is 4. The van der Waals surface area contributed by atoms with Crippen LogP contribution in [0.5, 0.6) is 0 Å². The molecule has 0 saturated heterocycles. The molecule has 2 rings (SSSR count). The first kappa shape index (κ1) is 12.3. The highest BCUT2D eigenvalue weighted by Crippen LogP contribution is 2.25. The first-order chi connectivity index (χ1) is 8.49. The van der Waals surface area contributed by atoms with Gasteiger partial charge in [0.25, 0.3) is 6.43 Å². The summed E-state index contributed by atoms with van der Waals surface area (Å²) < 4.78 is 51.7. The molecule has 0 aliphatic rings. The van der Waals surface area contributed by atoms with Crippen LogP contribution in [0.3, 0.4) is 0 Å². The number of halogens is 4. The molecule has 0 aliphatic carbocycles. The lowest BCUT2D eigenvalue weighted by atomic mass is 10.1. The molecule has 0 radical (unpaired) electrons. The highest BCUT2D eigenvalue weighted by atomic mass is 19.3. The first-order valence-corrected chi connectivity index (χ1v) is 4.78. The Kier molecular flexibility index (Phi) is 3.13. The standard InChI is InChI=1S/C9H7F4N5/c10-5-2-6(11)7(14)1-4(5)9-15-16-17-18(9)3-8(12)13/h1-2,8H,3,14H2. The Morgan fingerprint density at radius 3 is 2.61 bits per heavy atom. The van der Waals surface area contributed by atoms with Crippen molar-refractivity contribution in [3.8, 4) is 11.4 Å². The van der Waals surface area contributed by atoms with Gasteiger partial charge in [0, 0.05) is 6.07 Å². The van der Waals surface area contributed by atoms with E-state index in [9.17, 15) is 17.6 Å². The first-order valence-electron chi connectivity index (χ1n) is 4.78. The van der Waals surface area contributed by atoms with Gasteiger partial charge in [-0.3, -0.25) is 0 Å². The third-order valence-corrected chi connectivity index (χ3v) is 2.17. The van der Waals surface area contributed by atoms with Crippen molar-refractivity contribution in [2.24, 2.45) is 0 Å². The number of tetrazole rings is 1. The van der Waals surface area contributed by atoms with Crippen LogP contribution in [0.25, 0.3) is 11.4 Å². The summed E-state index contributed by atoms with van der Waals surface area (Å²) in [5.41, 5.74) is 4.72. The molecule has 0 fully saturated rings. The summed E-state index contributed by atoms with van der Waals surface area (Å²) in [6.45, 7) is -0.793. The van der Waals surface area contributed by atoms with Crippen LogP contribution in [0.15, 0.2) is 12.1 Å². The molecule has 18 heavy (non-hydrogen) atoms. The minimum absolute atomic E-state index is 0.237. The van der Waals surface area contributed by atoms with Crippen molar-refractivity contribution in [1.29, 1.82) is 0 Å². The minimum atomic E-state index is -2.70.